The van der Waals surface area contributed by atoms with Gasteiger partial charge in [-0.2, -0.15) is 0 Å². The second kappa shape index (κ2) is 9.42. The number of benzene rings is 1. The highest BCUT2D eigenvalue weighted by atomic mass is 35.5. The van der Waals surface area contributed by atoms with Crippen LogP contribution in [0.1, 0.15) is 44.6 Å². The lowest BCUT2D eigenvalue weighted by molar-refractivity contribution is -0.0256. The van der Waals surface area contributed by atoms with Crippen molar-refractivity contribution in [3.8, 4) is 11.4 Å². The normalized spacial score (nSPS) is 15.8. The van der Waals surface area contributed by atoms with Crippen molar-refractivity contribution in [2.45, 2.75) is 56.4 Å². The number of aryl methyl sites for hydroxylation is 1. The largest absolute Gasteiger partial charge is 0.269 e. The molecule has 3 heterocycles. The number of fused-ring (bicyclic) bond motifs is 1. The Kier molecular flexibility index (Phi) is 6.44. The summed E-state index contributed by atoms with van der Waals surface area (Å²) in [5, 5.41) is 0.721. The van der Waals surface area contributed by atoms with Crippen LogP contribution < -0.4 is 5.48 Å². The highest BCUT2D eigenvalue weighted by Gasteiger charge is 2.29. The average molecular weight is 530 g/mol. The number of nitrogens with zero attached hydrogens (tertiary/aromatic N) is 4. The molecule has 0 unspecified atom stereocenters. The highest BCUT2D eigenvalue weighted by molar-refractivity contribution is 7.90. The van der Waals surface area contributed by atoms with E-state index in [1.807, 2.05) is 13.8 Å². The lowest BCUT2D eigenvalue weighted by Crippen LogP contribution is -2.33. The average Bonchev–Trinajstić information content (AvgIpc) is 3.24. The van der Waals surface area contributed by atoms with Gasteiger partial charge in [0.25, 0.3) is 10.0 Å². The lowest BCUT2D eigenvalue weighted by Gasteiger charge is -2.32. The molecule has 36 heavy (non-hydrogen) atoms. The maximum atomic E-state index is 14.6. The van der Waals surface area contributed by atoms with E-state index in [1.165, 1.54) is 24.5 Å². The van der Waals surface area contributed by atoms with E-state index in [-0.39, 0.29) is 22.2 Å². The number of pyridine rings is 1. The predicted octanol–water partition coefficient (Wildman–Crippen LogP) is 5.90. The fraction of sp³-hybridized carbons (Fsp3) is 0.320. The Balaban J connectivity index is 1.57. The fourth-order valence-corrected chi connectivity index (χ4v) is 5.86. The molecule has 1 fully saturated rings. The van der Waals surface area contributed by atoms with Gasteiger partial charge in [0.15, 0.2) is 23.1 Å². The Morgan fingerprint density at radius 3 is 2.56 bits per heavy atom. The first-order valence-electron chi connectivity index (χ1n) is 11.6. The van der Waals surface area contributed by atoms with Gasteiger partial charge in [-0.05, 0) is 44.9 Å². The first-order chi connectivity index (χ1) is 17.2. The van der Waals surface area contributed by atoms with Crippen molar-refractivity contribution >= 4 is 38.5 Å². The third kappa shape index (κ3) is 4.68. The topological polar surface area (TPSA) is 99.0 Å². The van der Waals surface area contributed by atoms with E-state index in [2.05, 4.69) is 20.4 Å². The molecule has 1 aliphatic rings. The fourth-order valence-electron chi connectivity index (χ4n) is 4.38. The van der Waals surface area contributed by atoms with Gasteiger partial charge in [0.2, 0.25) is 0 Å². The third-order valence-electron chi connectivity index (χ3n) is 6.45. The van der Waals surface area contributed by atoms with Crippen LogP contribution >= 0.6 is 11.6 Å². The summed E-state index contributed by atoms with van der Waals surface area (Å²) in [6.45, 7) is 3.86. The molecule has 8 nitrogen and oxygen atoms in total. The van der Waals surface area contributed by atoms with E-state index < -0.39 is 21.4 Å². The molecule has 0 saturated heterocycles. The van der Waals surface area contributed by atoms with Crippen molar-refractivity contribution < 1.29 is 17.6 Å². The highest BCUT2D eigenvalue weighted by Crippen LogP contribution is 2.34. The van der Waals surface area contributed by atoms with Crippen LogP contribution in [0.2, 0.25) is 5.02 Å². The van der Waals surface area contributed by atoms with E-state index in [0.717, 1.165) is 47.8 Å². The second-order valence-corrected chi connectivity index (χ2v) is 11.5. The predicted molar refractivity (Wildman–Crippen MR) is 136 cm³/mol. The van der Waals surface area contributed by atoms with Crippen LogP contribution in [-0.4, -0.2) is 32.9 Å². The van der Waals surface area contributed by atoms with Crippen molar-refractivity contribution in [3.63, 3.8) is 0 Å². The lowest BCUT2D eigenvalue weighted by atomic mass is 9.87. The van der Waals surface area contributed by atoms with Crippen LogP contribution in [0, 0.1) is 12.7 Å². The second-order valence-electron chi connectivity index (χ2n) is 9.29. The van der Waals surface area contributed by atoms with Crippen LogP contribution in [0.3, 0.4) is 0 Å². The van der Waals surface area contributed by atoms with Gasteiger partial charge < -0.3 is 0 Å². The number of halogens is 2. The molecule has 0 amide bonds. The van der Waals surface area contributed by atoms with E-state index in [4.69, 9.17) is 16.4 Å². The van der Waals surface area contributed by atoms with Crippen molar-refractivity contribution in [1.82, 2.24) is 18.9 Å². The Morgan fingerprint density at radius 2 is 1.83 bits per heavy atom. The minimum Gasteiger partial charge on any atom is -0.268 e. The van der Waals surface area contributed by atoms with E-state index in [1.54, 1.807) is 18.2 Å². The summed E-state index contributed by atoms with van der Waals surface area (Å²) in [5.74, 6) is -0.724. The van der Waals surface area contributed by atoms with Crippen LogP contribution in [0.5, 0.6) is 0 Å². The summed E-state index contributed by atoms with van der Waals surface area (Å²) in [7, 11) is -3.99. The molecule has 188 valence electrons. The van der Waals surface area contributed by atoms with Gasteiger partial charge in [-0.1, -0.05) is 48.6 Å². The number of hydrogen-bond donors (Lipinski definition) is 1. The van der Waals surface area contributed by atoms with Gasteiger partial charge in [-0.3, -0.25) is 4.84 Å². The molecular weight excluding hydrogens is 505 g/mol. The molecule has 4 aromatic rings. The summed E-state index contributed by atoms with van der Waals surface area (Å²) in [6, 6.07) is 8.09. The Morgan fingerprint density at radius 1 is 1.11 bits per heavy atom. The first-order valence-corrected chi connectivity index (χ1v) is 13.4. The van der Waals surface area contributed by atoms with Gasteiger partial charge in [0.05, 0.1) is 21.7 Å². The zero-order valence-electron chi connectivity index (χ0n) is 19.8. The number of hydrogen-bond acceptors (Lipinski definition) is 7. The minimum absolute atomic E-state index is 0.100. The molecule has 11 heteroatoms. The van der Waals surface area contributed by atoms with Crippen LogP contribution in [0.4, 0.5) is 10.2 Å². The molecule has 3 aromatic heterocycles. The van der Waals surface area contributed by atoms with Gasteiger partial charge >= 0.3 is 0 Å². The van der Waals surface area contributed by atoms with Gasteiger partial charge in [-0.15, -0.1) is 0 Å². The van der Waals surface area contributed by atoms with E-state index >= 15 is 0 Å². The van der Waals surface area contributed by atoms with Gasteiger partial charge in [-0.25, -0.2) is 37.2 Å². The van der Waals surface area contributed by atoms with Crippen molar-refractivity contribution in [2.24, 2.45) is 0 Å². The number of aromatic nitrogens is 4. The summed E-state index contributed by atoms with van der Waals surface area (Å²) >= 11 is 6.19. The Bertz CT molecular complexity index is 1530. The molecule has 1 N–H and O–H groups in total. The molecule has 0 aliphatic heterocycles. The molecule has 0 atom stereocenters. The molecule has 1 aromatic carbocycles. The van der Waals surface area contributed by atoms with Gasteiger partial charge in [0, 0.05) is 23.3 Å². The number of nitrogens with one attached hydrogen (secondary N) is 1. The molecule has 0 bridgehead atoms. The quantitative estimate of drug-likeness (QED) is 0.310. The van der Waals surface area contributed by atoms with Crippen LogP contribution in [-0.2, 0) is 14.9 Å². The molecule has 1 saturated carbocycles. The van der Waals surface area contributed by atoms with Crippen LogP contribution in [0.15, 0.2) is 53.8 Å². The summed E-state index contributed by atoms with van der Waals surface area (Å²) in [4.78, 5) is 18.6. The first kappa shape index (κ1) is 24.6. The molecule has 1 aliphatic carbocycles. The molecule has 0 radical (unpaired) electrons. The molecule has 5 rings (SSSR count). The summed E-state index contributed by atoms with van der Waals surface area (Å²) in [5.41, 5.74) is 3.67. The van der Waals surface area contributed by atoms with Crippen molar-refractivity contribution in [2.75, 3.05) is 5.48 Å². The van der Waals surface area contributed by atoms with E-state index in [9.17, 15) is 12.8 Å². The third-order valence-corrected chi connectivity index (χ3v) is 8.32. The molecule has 0 spiro atoms. The zero-order valence-corrected chi connectivity index (χ0v) is 21.4. The monoisotopic (exact) mass is 529 g/mol. The standard InChI is InChI=1S/C25H25ClFN5O3S/c1-16-6-8-18(9-7-16)36(33,34)32-15-20(19-12-17(26)13-29-24(19)32)22-28-14-21(27)23(30-22)31-35-25(2)10-4-3-5-11-25/h6-9,12-15H,3-5,10-11H2,1-2H3,(H,28,30,31). The maximum Gasteiger partial charge on any atom is 0.269 e. The number of anilines is 1. The summed E-state index contributed by atoms with van der Waals surface area (Å²) in [6.07, 6.45) is 8.71. The van der Waals surface area contributed by atoms with Crippen LogP contribution in [0.25, 0.3) is 22.4 Å². The van der Waals surface area contributed by atoms with Crippen molar-refractivity contribution in [3.05, 3.63) is 65.3 Å². The number of rotatable bonds is 6. The maximum absolute atomic E-state index is 14.6. The SMILES string of the molecule is Cc1ccc(S(=O)(=O)n2cc(-c3ncc(F)c(NOC4(C)CCCCC4)n3)c3cc(Cl)cnc32)cc1. The van der Waals surface area contributed by atoms with E-state index in [0.29, 0.717) is 16.0 Å². The van der Waals surface area contributed by atoms with Gasteiger partial charge in [0.1, 0.15) is 0 Å². The minimum atomic E-state index is -3.99. The summed E-state index contributed by atoms with van der Waals surface area (Å²) < 4.78 is 42.6. The Labute approximate surface area is 213 Å². The Hall–Kier alpha value is -3.08. The molecular formula is C25H25ClFN5O3S. The van der Waals surface area contributed by atoms with Crippen molar-refractivity contribution in [1.29, 1.82) is 0 Å². The smallest absolute Gasteiger partial charge is 0.268 e. The zero-order chi connectivity index (χ0) is 25.5.